The number of carboxylic acids is 1. The molecular formula is C9H8N2O5S. The van der Waals surface area contributed by atoms with E-state index in [1.54, 1.807) is 0 Å². The van der Waals surface area contributed by atoms with Crippen LogP contribution in [0.25, 0.3) is 11.0 Å². The highest BCUT2D eigenvalue weighted by atomic mass is 32.2. The van der Waals surface area contributed by atoms with Gasteiger partial charge in [-0.25, -0.2) is 9.78 Å². The summed E-state index contributed by atoms with van der Waals surface area (Å²) in [4.78, 5) is 14.4. The van der Waals surface area contributed by atoms with Crippen LogP contribution in [0.5, 0.6) is 0 Å². The Morgan fingerprint density at radius 3 is 2.59 bits per heavy atom. The van der Waals surface area contributed by atoms with Gasteiger partial charge in [0, 0.05) is 7.05 Å². The minimum atomic E-state index is -4.42. The van der Waals surface area contributed by atoms with Gasteiger partial charge in [0.2, 0.25) is 0 Å². The van der Waals surface area contributed by atoms with E-state index in [1.165, 1.54) is 29.8 Å². The maximum Gasteiger partial charge on any atom is 0.335 e. The molecule has 0 fully saturated rings. The summed E-state index contributed by atoms with van der Waals surface area (Å²) in [5, 5.41) is 8.26. The van der Waals surface area contributed by atoms with Gasteiger partial charge in [-0.3, -0.25) is 4.55 Å². The van der Waals surface area contributed by atoms with Crippen LogP contribution in [-0.2, 0) is 17.2 Å². The van der Waals surface area contributed by atoms with Crippen molar-refractivity contribution in [3.05, 3.63) is 23.8 Å². The van der Waals surface area contributed by atoms with E-state index in [4.69, 9.17) is 9.66 Å². The van der Waals surface area contributed by atoms with E-state index in [9.17, 15) is 13.2 Å². The average Bonchev–Trinajstić information content (AvgIpc) is 2.55. The molecule has 0 radical (unpaired) electrons. The fraction of sp³-hybridized carbons (Fsp3) is 0.111. The number of carbonyl (C=O) groups is 1. The maximum absolute atomic E-state index is 11.0. The topological polar surface area (TPSA) is 109 Å². The van der Waals surface area contributed by atoms with E-state index >= 15 is 0 Å². The number of aryl methyl sites for hydroxylation is 1. The summed E-state index contributed by atoms with van der Waals surface area (Å²) in [5.41, 5.74) is 0.611. The highest BCUT2D eigenvalue weighted by Crippen LogP contribution is 2.19. The quantitative estimate of drug-likeness (QED) is 0.758. The number of aromatic carboxylic acids is 1. The lowest BCUT2D eigenvalue weighted by molar-refractivity contribution is 0.0697. The van der Waals surface area contributed by atoms with Gasteiger partial charge in [-0.05, 0) is 18.2 Å². The fourth-order valence-corrected chi connectivity index (χ4v) is 2.20. The van der Waals surface area contributed by atoms with Gasteiger partial charge in [-0.1, -0.05) is 0 Å². The zero-order valence-corrected chi connectivity index (χ0v) is 9.47. The number of carboxylic acid groups (broad SMARTS) is 1. The highest BCUT2D eigenvalue weighted by Gasteiger charge is 2.19. The average molecular weight is 256 g/mol. The molecule has 0 amide bonds. The van der Waals surface area contributed by atoms with E-state index < -0.39 is 21.2 Å². The fourth-order valence-electron chi connectivity index (χ4n) is 1.54. The number of hydrogen-bond donors (Lipinski definition) is 2. The summed E-state index contributed by atoms with van der Waals surface area (Å²) in [6.07, 6.45) is 0. The van der Waals surface area contributed by atoms with E-state index in [0.29, 0.717) is 5.52 Å². The summed E-state index contributed by atoms with van der Waals surface area (Å²) in [5.74, 6) is -1.13. The standard InChI is InChI=1S/C9H8N2O5S/c1-11-7-3-2-5(8(12)13)4-6(7)10-9(11)17(14,15)16/h2-4H,1H3,(H,12,13)(H,14,15,16). The van der Waals surface area contributed by atoms with Gasteiger partial charge in [-0.15, -0.1) is 0 Å². The van der Waals surface area contributed by atoms with Crippen molar-refractivity contribution in [3.63, 3.8) is 0 Å². The molecular weight excluding hydrogens is 248 g/mol. The van der Waals surface area contributed by atoms with Crippen molar-refractivity contribution in [3.8, 4) is 0 Å². The van der Waals surface area contributed by atoms with E-state index in [2.05, 4.69) is 4.98 Å². The second kappa shape index (κ2) is 3.54. The molecule has 90 valence electrons. The van der Waals surface area contributed by atoms with Crippen molar-refractivity contribution in [2.75, 3.05) is 0 Å². The second-order valence-electron chi connectivity index (χ2n) is 3.44. The predicted octanol–water partition coefficient (Wildman–Crippen LogP) is 0.518. The lowest BCUT2D eigenvalue weighted by Gasteiger charge is -1.98. The minimum Gasteiger partial charge on any atom is -0.478 e. The van der Waals surface area contributed by atoms with E-state index in [0.717, 1.165) is 0 Å². The zero-order valence-electron chi connectivity index (χ0n) is 8.65. The molecule has 7 nitrogen and oxygen atoms in total. The maximum atomic E-state index is 11.0. The van der Waals surface area contributed by atoms with Crippen LogP contribution in [-0.4, -0.2) is 33.6 Å². The second-order valence-corrected chi connectivity index (χ2v) is 4.75. The molecule has 1 aromatic heterocycles. The van der Waals surface area contributed by atoms with Gasteiger partial charge in [0.15, 0.2) is 0 Å². The van der Waals surface area contributed by atoms with E-state index in [-0.39, 0.29) is 11.1 Å². The van der Waals surface area contributed by atoms with Crippen molar-refractivity contribution in [2.24, 2.45) is 7.05 Å². The smallest absolute Gasteiger partial charge is 0.335 e. The monoisotopic (exact) mass is 256 g/mol. The van der Waals surface area contributed by atoms with Crippen molar-refractivity contribution in [1.82, 2.24) is 9.55 Å². The first-order valence-corrected chi connectivity index (χ1v) is 5.92. The molecule has 0 saturated heterocycles. The molecule has 0 aliphatic rings. The Morgan fingerprint density at radius 1 is 1.41 bits per heavy atom. The molecule has 0 bridgehead atoms. The molecule has 17 heavy (non-hydrogen) atoms. The van der Waals surface area contributed by atoms with E-state index in [1.807, 2.05) is 0 Å². The van der Waals surface area contributed by atoms with Crippen LogP contribution < -0.4 is 0 Å². The minimum absolute atomic E-state index is 0.00233. The summed E-state index contributed by atoms with van der Waals surface area (Å²) < 4.78 is 32.1. The Balaban J connectivity index is 2.79. The van der Waals surface area contributed by atoms with Crippen molar-refractivity contribution in [2.45, 2.75) is 5.16 Å². The number of nitrogens with zero attached hydrogens (tertiary/aromatic N) is 2. The SMILES string of the molecule is Cn1c(S(=O)(=O)O)nc2cc(C(=O)O)ccc21. The third-order valence-electron chi connectivity index (χ3n) is 2.32. The number of benzene rings is 1. The van der Waals surface area contributed by atoms with Gasteiger partial charge in [-0.2, -0.15) is 8.42 Å². The predicted molar refractivity (Wildman–Crippen MR) is 57.5 cm³/mol. The van der Waals surface area contributed by atoms with Crippen LogP contribution in [0.2, 0.25) is 0 Å². The van der Waals surface area contributed by atoms with Crippen LogP contribution in [0, 0.1) is 0 Å². The Kier molecular flexibility index (Phi) is 2.40. The molecule has 0 aliphatic heterocycles. The molecule has 2 rings (SSSR count). The molecule has 0 spiro atoms. The molecule has 0 saturated carbocycles. The Bertz CT molecular complexity index is 716. The van der Waals surface area contributed by atoms with Crippen molar-refractivity contribution >= 4 is 27.1 Å². The number of rotatable bonds is 2. The number of hydrogen-bond acceptors (Lipinski definition) is 4. The first-order chi connectivity index (χ1) is 7.80. The Labute approximate surface area is 96.1 Å². The molecule has 1 heterocycles. The summed E-state index contributed by atoms with van der Waals surface area (Å²) in [6, 6.07) is 4.01. The molecule has 8 heteroatoms. The van der Waals surface area contributed by atoms with Crippen LogP contribution >= 0.6 is 0 Å². The van der Waals surface area contributed by atoms with Gasteiger partial charge >= 0.3 is 16.1 Å². The van der Waals surface area contributed by atoms with Crippen molar-refractivity contribution in [1.29, 1.82) is 0 Å². The largest absolute Gasteiger partial charge is 0.478 e. The summed E-state index contributed by atoms with van der Waals surface area (Å²) in [6.45, 7) is 0. The van der Waals surface area contributed by atoms with Crippen LogP contribution in [0.15, 0.2) is 23.4 Å². The molecule has 0 aliphatic carbocycles. The van der Waals surface area contributed by atoms with Crippen LogP contribution in [0.1, 0.15) is 10.4 Å². The summed E-state index contributed by atoms with van der Waals surface area (Å²) in [7, 11) is -3.01. The lowest BCUT2D eigenvalue weighted by Crippen LogP contribution is -2.06. The normalized spacial score (nSPS) is 11.9. The molecule has 0 atom stereocenters. The Hall–Kier alpha value is -1.93. The van der Waals surface area contributed by atoms with Crippen LogP contribution in [0.4, 0.5) is 0 Å². The lowest BCUT2D eigenvalue weighted by atomic mass is 10.2. The third-order valence-corrected chi connectivity index (χ3v) is 3.14. The van der Waals surface area contributed by atoms with Crippen LogP contribution in [0.3, 0.4) is 0 Å². The molecule has 1 aromatic carbocycles. The zero-order chi connectivity index (χ0) is 12.8. The molecule has 2 aromatic rings. The number of imidazole rings is 1. The number of fused-ring (bicyclic) bond motifs is 1. The first-order valence-electron chi connectivity index (χ1n) is 4.48. The van der Waals surface area contributed by atoms with Gasteiger partial charge < -0.3 is 9.67 Å². The molecule has 0 unspecified atom stereocenters. The van der Waals surface area contributed by atoms with Gasteiger partial charge in [0.1, 0.15) is 0 Å². The van der Waals surface area contributed by atoms with Gasteiger partial charge in [0.25, 0.3) is 5.16 Å². The third kappa shape index (κ3) is 1.87. The van der Waals surface area contributed by atoms with Gasteiger partial charge in [0.05, 0.1) is 16.6 Å². The first kappa shape index (κ1) is 11.6. The van der Waals surface area contributed by atoms with Crippen molar-refractivity contribution < 1.29 is 22.9 Å². The highest BCUT2D eigenvalue weighted by molar-refractivity contribution is 7.85. The number of aromatic nitrogens is 2. The molecule has 2 N–H and O–H groups in total. The summed E-state index contributed by atoms with van der Waals surface area (Å²) >= 11 is 0. The Morgan fingerprint density at radius 2 is 2.06 bits per heavy atom.